The number of allylic oxidation sites excluding steroid dienone is 1. The second kappa shape index (κ2) is 28.8. The van der Waals surface area contributed by atoms with E-state index in [1.807, 2.05) is 31.2 Å². The lowest BCUT2D eigenvalue weighted by molar-refractivity contribution is -0.256. The molecule has 0 aromatic heterocycles. The number of unbranched alkanes of at least 4 members (excludes halogenated alkanes) is 11. The summed E-state index contributed by atoms with van der Waals surface area (Å²) in [5.41, 5.74) is 3.01. The summed E-state index contributed by atoms with van der Waals surface area (Å²) in [6.07, 6.45) is 20.6. The summed E-state index contributed by atoms with van der Waals surface area (Å²) < 4.78 is 32.8. The molecule has 66 heavy (non-hydrogen) atoms. The van der Waals surface area contributed by atoms with Gasteiger partial charge < -0.3 is 43.8 Å². The quantitative estimate of drug-likeness (QED) is 0.0270. The standard InChI is InChI=1S/C53H78N2O11/c1-4-7-8-9-10-11-12-13-14-19-32-62-52(60)55(27-33-61-34-30-58)49-38-47(54-64-6-3)45-36-41(22-15-17-28-56)44(24-16-18-29-57)50-46-37-43(65-42-23-20-21-40(35-42)39-59)25-26-48(46)66-53(49,51(45)50)63-31-5-2/h5,20-21,23,25-26,35-37,39,41,44,49-51,56-58H,2,4,6-19,22,24,27-34,38H2,1,3H3/t41-,44+,49-,50+,51+,53+/m0/s1. The Bertz CT molecular complexity index is 1840. The highest BCUT2D eigenvalue weighted by Crippen LogP contribution is 2.62. The number of fused-ring (bicyclic) bond motifs is 2. The molecule has 366 valence electrons. The summed E-state index contributed by atoms with van der Waals surface area (Å²) in [5, 5.41) is 34.3. The minimum absolute atomic E-state index is 0.0173. The number of ether oxygens (including phenoxy) is 5. The normalized spacial score (nSPS) is 22.4. The van der Waals surface area contributed by atoms with Gasteiger partial charge in [0, 0.05) is 43.2 Å². The van der Waals surface area contributed by atoms with Gasteiger partial charge in [0.25, 0.3) is 0 Å². The fourth-order valence-electron chi connectivity index (χ4n) is 10.2. The number of aliphatic hydroxyl groups excluding tert-OH is 3. The van der Waals surface area contributed by atoms with E-state index >= 15 is 0 Å². The van der Waals surface area contributed by atoms with Crippen LogP contribution in [0.5, 0.6) is 17.2 Å². The predicted octanol–water partition coefficient (Wildman–Crippen LogP) is 10.3. The van der Waals surface area contributed by atoms with Gasteiger partial charge in [0.1, 0.15) is 36.2 Å². The van der Waals surface area contributed by atoms with Crippen molar-refractivity contribution in [1.82, 2.24) is 4.90 Å². The molecule has 2 aromatic carbocycles. The van der Waals surface area contributed by atoms with E-state index in [0.717, 1.165) is 62.4 Å². The second-order valence-electron chi connectivity index (χ2n) is 17.8. The molecule has 0 unspecified atom stereocenters. The average molecular weight is 919 g/mol. The molecule has 6 atom stereocenters. The molecule has 0 radical (unpaired) electrons. The van der Waals surface area contributed by atoms with Gasteiger partial charge in [-0.15, -0.1) is 6.58 Å². The number of oxime groups is 1. The zero-order valence-corrected chi connectivity index (χ0v) is 39.8. The number of nitrogens with zero attached hydrogens (tertiary/aromatic N) is 2. The fourth-order valence-corrected chi connectivity index (χ4v) is 10.2. The van der Waals surface area contributed by atoms with Gasteiger partial charge in [-0.1, -0.05) is 107 Å². The van der Waals surface area contributed by atoms with Crippen molar-refractivity contribution in [3.05, 3.63) is 77.9 Å². The summed E-state index contributed by atoms with van der Waals surface area (Å²) in [6, 6.07) is 12.0. The molecular weight excluding hydrogens is 841 g/mol. The second-order valence-corrected chi connectivity index (χ2v) is 17.8. The van der Waals surface area contributed by atoms with Crippen LogP contribution < -0.4 is 9.47 Å². The van der Waals surface area contributed by atoms with E-state index in [4.69, 9.17) is 33.7 Å². The van der Waals surface area contributed by atoms with Gasteiger partial charge in [-0.25, -0.2) is 4.79 Å². The third kappa shape index (κ3) is 14.4. The highest BCUT2D eigenvalue weighted by molar-refractivity contribution is 6.03. The highest BCUT2D eigenvalue weighted by atomic mass is 16.7. The third-order valence-electron chi connectivity index (χ3n) is 13.2. The Morgan fingerprint density at radius 3 is 2.29 bits per heavy atom. The molecular formula is C53H78N2O11. The van der Waals surface area contributed by atoms with Crippen molar-refractivity contribution in [2.24, 2.45) is 22.9 Å². The molecule has 1 amide bonds. The molecule has 1 heterocycles. The number of amides is 1. The summed E-state index contributed by atoms with van der Waals surface area (Å²) in [6.45, 7) is 9.25. The average Bonchev–Trinajstić information content (AvgIpc) is 3.33. The summed E-state index contributed by atoms with van der Waals surface area (Å²) in [7, 11) is 0. The van der Waals surface area contributed by atoms with E-state index in [1.165, 1.54) is 44.9 Å². The van der Waals surface area contributed by atoms with Crippen LogP contribution in [-0.2, 0) is 19.0 Å². The highest BCUT2D eigenvalue weighted by Gasteiger charge is 2.65. The van der Waals surface area contributed by atoms with Crippen LogP contribution in [0.2, 0.25) is 0 Å². The first kappa shape index (κ1) is 52.7. The Morgan fingerprint density at radius 1 is 0.864 bits per heavy atom. The minimum Gasteiger partial charge on any atom is -0.459 e. The minimum atomic E-state index is -1.47. The zero-order chi connectivity index (χ0) is 47.0. The lowest BCUT2D eigenvalue weighted by atomic mass is 9.55. The van der Waals surface area contributed by atoms with Crippen LogP contribution in [0.3, 0.4) is 0 Å². The van der Waals surface area contributed by atoms with Crippen molar-refractivity contribution < 1.29 is 53.4 Å². The maximum atomic E-state index is 14.7. The van der Waals surface area contributed by atoms with Gasteiger partial charge in [0.2, 0.25) is 5.79 Å². The SMILES string of the molecule is C=CCO[C@@]12Oc3ccc(Oc4cccc(C=O)c4)cc3[C@H]3[C@H](CCCCO)[C@@H](CCCCO)C=C(C(=NOCC)C[C@@H]1N(CCOCCO)C(=O)OCCCCCCCCCCCC)[C@H]32. The van der Waals surface area contributed by atoms with E-state index in [1.54, 1.807) is 29.2 Å². The van der Waals surface area contributed by atoms with Crippen LogP contribution in [0, 0.1) is 17.8 Å². The van der Waals surface area contributed by atoms with Crippen molar-refractivity contribution in [2.75, 3.05) is 59.4 Å². The Hall–Kier alpha value is -4.27. The van der Waals surface area contributed by atoms with Crippen LogP contribution in [0.15, 0.2) is 71.9 Å². The number of carbonyl (C=O) groups excluding carboxylic acids is 2. The van der Waals surface area contributed by atoms with Gasteiger partial charge in [0.05, 0.1) is 44.7 Å². The van der Waals surface area contributed by atoms with Gasteiger partial charge in [-0.2, -0.15) is 0 Å². The van der Waals surface area contributed by atoms with Crippen LogP contribution in [0.25, 0.3) is 0 Å². The smallest absolute Gasteiger partial charge is 0.410 e. The Labute approximate surface area is 393 Å². The molecule has 2 aliphatic carbocycles. The molecule has 1 saturated carbocycles. The lowest BCUT2D eigenvalue weighted by Crippen LogP contribution is -2.70. The van der Waals surface area contributed by atoms with E-state index in [2.05, 4.69) is 19.6 Å². The van der Waals surface area contributed by atoms with Gasteiger partial charge in [-0.05, 0) is 86.8 Å². The number of aliphatic hydroxyl groups is 3. The number of aldehydes is 1. The number of carbonyl (C=O) groups is 2. The van der Waals surface area contributed by atoms with Crippen molar-refractivity contribution >= 4 is 18.1 Å². The Kier molecular flexibility index (Phi) is 23.0. The van der Waals surface area contributed by atoms with E-state index in [0.29, 0.717) is 48.0 Å². The molecule has 1 aliphatic heterocycles. The fraction of sp³-hybridized carbons (Fsp3) is 0.642. The molecule has 0 bridgehead atoms. The number of rotatable bonds is 33. The van der Waals surface area contributed by atoms with Crippen molar-refractivity contribution in [3.63, 3.8) is 0 Å². The molecule has 3 aliphatic rings. The number of hydrogen-bond acceptors (Lipinski definition) is 12. The van der Waals surface area contributed by atoms with E-state index in [-0.39, 0.29) is 77.0 Å². The van der Waals surface area contributed by atoms with Gasteiger partial charge in [0.15, 0.2) is 0 Å². The largest absolute Gasteiger partial charge is 0.459 e. The van der Waals surface area contributed by atoms with Crippen molar-refractivity contribution in [3.8, 4) is 17.2 Å². The topological polar surface area (TPSA) is 166 Å². The molecule has 2 aromatic rings. The van der Waals surface area contributed by atoms with Crippen molar-refractivity contribution in [2.45, 2.75) is 141 Å². The van der Waals surface area contributed by atoms with E-state index < -0.39 is 23.8 Å². The van der Waals surface area contributed by atoms with E-state index in [9.17, 15) is 24.9 Å². The molecule has 13 nitrogen and oxygen atoms in total. The van der Waals surface area contributed by atoms with Crippen LogP contribution in [0.1, 0.15) is 145 Å². The van der Waals surface area contributed by atoms with Crippen LogP contribution >= 0.6 is 0 Å². The molecule has 5 rings (SSSR count). The van der Waals surface area contributed by atoms with Crippen molar-refractivity contribution in [1.29, 1.82) is 0 Å². The summed E-state index contributed by atoms with van der Waals surface area (Å²) in [5.74, 6) is -0.499. The summed E-state index contributed by atoms with van der Waals surface area (Å²) >= 11 is 0. The monoisotopic (exact) mass is 919 g/mol. The number of hydrogen-bond donors (Lipinski definition) is 3. The first-order valence-corrected chi connectivity index (χ1v) is 24.9. The Morgan fingerprint density at radius 2 is 1.59 bits per heavy atom. The molecule has 1 fully saturated rings. The molecule has 0 spiro atoms. The first-order valence-electron chi connectivity index (χ1n) is 24.9. The predicted molar refractivity (Wildman–Crippen MR) is 256 cm³/mol. The first-order chi connectivity index (χ1) is 32.4. The maximum absolute atomic E-state index is 14.7. The summed E-state index contributed by atoms with van der Waals surface area (Å²) in [4.78, 5) is 33.9. The Balaban J connectivity index is 1.60. The lowest BCUT2D eigenvalue weighted by Gasteiger charge is -2.59. The molecule has 0 saturated heterocycles. The number of benzene rings is 2. The maximum Gasteiger partial charge on any atom is 0.410 e. The molecule has 3 N–H and O–H groups in total. The van der Waals surface area contributed by atoms with Gasteiger partial charge in [-0.3, -0.25) is 9.69 Å². The third-order valence-corrected chi connectivity index (χ3v) is 13.2. The van der Waals surface area contributed by atoms with Crippen LogP contribution in [-0.4, -0.2) is 110 Å². The zero-order valence-electron chi connectivity index (χ0n) is 39.8. The van der Waals surface area contributed by atoms with Crippen LogP contribution in [0.4, 0.5) is 4.79 Å². The molecule has 13 heteroatoms. The van der Waals surface area contributed by atoms with Gasteiger partial charge >= 0.3 is 6.09 Å².